The van der Waals surface area contributed by atoms with Gasteiger partial charge in [-0.25, -0.2) is 0 Å². The van der Waals surface area contributed by atoms with Gasteiger partial charge in [0.25, 0.3) is 0 Å². The second kappa shape index (κ2) is 16.5. The van der Waals surface area contributed by atoms with Crippen LogP contribution in [0, 0.1) is 13.8 Å². The maximum atomic E-state index is 6.64. The molecule has 1 saturated heterocycles. The van der Waals surface area contributed by atoms with Gasteiger partial charge in [0.2, 0.25) is 0 Å². The summed E-state index contributed by atoms with van der Waals surface area (Å²) in [5, 5.41) is 1.27. The lowest BCUT2D eigenvalue weighted by Gasteiger charge is -2.35. The molecule has 47 heavy (non-hydrogen) atoms. The van der Waals surface area contributed by atoms with Crippen molar-refractivity contribution in [2.75, 3.05) is 6.61 Å². The molecule has 5 heteroatoms. The number of rotatable bonds is 13. The van der Waals surface area contributed by atoms with E-state index in [4.69, 9.17) is 25.8 Å². The van der Waals surface area contributed by atoms with Crippen molar-refractivity contribution in [1.29, 1.82) is 0 Å². The van der Waals surface area contributed by atoms with Crippen LogP contribution in [0.3, 0.4) is 0 Å². The Bertz CT molecular complexity index is 1710. The topological polar surface area (TPSA) is 27.7 Å². The van der Waals surface area contributed by atoms with Crippen LogP contribution in [0.25, 0.3) is 0 Å². The third-order valence-corrected chi connectivity index (χ3v) is 10.6. The Labute approximate surface area is 289 Å². The Kier molecular flexibility index (Phi) is 11.7. The largest absolute Gasteiger partial charge is 0.489 e. The maximum Gasteiger partial charge on any atom is 0.124 e. The van der Waals surface area contributed by atoms with Crippen molar-refractivity contribution in [1.82, 2.24) is 0 Å². The Morgan fingerprint density at radius 1 is 0.660 bits per heavy atom. The summed E-state index contributed by atoms with van der Waals surface area (Å²) in [5.41, 5.74) is 9.81. The van der Waals surface area contributed by atoms with Crippen LogP contribution in [0.4, 0.5) is 0 Å². The van der Waals surface area contributed by atoms with E-state index in [9.17, 15) is 0 Å². The predicted octanol–water partition coefficient (Wildman–Crippen LogP) is 10.9. The molecule has 6 rings (SSSR count). The summed E-state index contributed by atoms with van der Waals surface area (Å²) in [6.45, 7) is 6.74. The first-order chi connectivity index (χ1) is 23.0. The SMILES string of the molecule is Cc1cc(Cl)ccc1Cc1cc(C2CC(OCc3ccccc3)CC(COCc3ccccc3)S2)c(OCc2ccccc2)cc1C. The van der Waals surface area contributed by atoms with Crippen molar-refractivity contribution in [3.8, 4) is 5.75 Å². The minimum Gasteiger partial charge on any atom is -0.489 e. The van der Waals surface area contributed by atoms with Gasteiger partial charge in [-0.3, -0.25) is 0 Å². The van der Waals surface area contributed by atoms with Crippen molar-refractivity contribution in [2.24, 2.45) is 0 Å². The van der Waals surface area contributed by atoms with Crippen molar-refractivity contribution < 1.29 is 14.2 Å². The molecule has 0 radical (unpaired) electrons. The first kappa shape index (κ1) is 33.4. The van der Waals surface area contributed by atoms with Crippen LogP contribution >= 0.6 is 23.4 Å². The van der Waals surface area contributed by atoms with Crippen molar-refractivity contribution in [3.63, 3.8) is 0 Å². The standard InChI is InChI=1S/C42H43ClO3S/c1-30-20-37(43)19-18-35(30)22-36-23-40(41(21-31(36)2)46-28-34-16-10-5-11-17-34)42-25-38(45-27-33-14-8-4-9-15-33)24-39(47-42)29-44-26-32-12-6-3-7-13-32/h3-21,23,38-39,42H,22,24-29H2,1-2H3. The fourth-order valence-electron chi connectivity index (χ4n) is 6.20. The molecule has 5 aromatic carbocycles. The van der Waals surface area contributed by atoms with Crippen LogP contribution in [-0.2, 0) is 35.7 Å². The van der Waals surface area contributed by atoms with Gasteiger partial charge >= 0.3 is 0 Å². The van der Waals surface area contributed by atoms with Crippen LogP contribution in [-0.4, -0.2) is 18.0 Å². The normalized spacial score (nSPS) is 17.8. The van der Waals surface area contributed by atoms with Crippen LogP contribution in [0.15, 0.2) is 121 Å². The molecular formula is C42H43ClO3S. The number of halogens is 1. The molecule has 1 heterocycles. The van der Waals surface area contributed by atoms with Gasteiger partial charge in [-0.05, 0) is 90.3 Å². The molecule has 1 aliphatic rings. The summed E-state index contributed by atoms with van der Waals surface area (Å²) in [6.07, 6.45) is 2.81. The fourth-order valence-corrected chi connectivity index (χ4v) is 8.05. The molecule has 1 aliphatic heterocycles. The molecule has 0 aromatic heterocycles. The van der Waals surface area contributed by atoms with E-state index in [1.807, 2.05) is 36.0 Å². The quantitative estimate of drug-likeness (QED) is 0.125. The minimum absolute atomic E-state index is 0.108. The van der Waals surface area contributed by atoms with E-state index < -0.39 is 0 Å². The van der Waals surface area contributed by atoms with Crippen LogP contribution in [0.2, 0.25) is 5.02 Å². The predicted molar refractivity (Wildman–Crippen MR) is 195 cm³/mol. The van der Waals surface area contributed by atoms with E-state index in [2.05, 4.69) is 111 Å². The molecule has 0 saturated carbocycles. The molecule has 5 aromatic rings. The average Bonchev–Trinajstić information content (AvgIpc) is 3.10. The van der Waals surface area contributed by atoms with Gasteiger partial charge in [0.1, 0.15) is 12.4 Å². The first-order valence-electron chi connectivity index (χ1n) is 16.5. The summed E-state index contributed by atoms with van der Waals surface area (Å²) < 4.78 is 19.6. The highest BCUT2D eigenvalue weighted by atomic mass is 35.5. The van der Waals surface area contributed by atoms with Crippen LogP contribution in [0.1, 0.15) is 62.6 Å². The number of aryl methyl sites for hydroxylation is 2. The third kappa shape index (κ3) is 9.52. The summed E-state index contributed by atoms with van der Waals surface area (Å²) in [6, 6.07) is 42.1. The molecule has 3 atom stereocenters. The highest BCUT2D eigenvalue weighted by molar-refractivity contribution is 8.00. The highest BCUT2D eigenvalue weighted by Gasteiger charge is 2.33. The zero-order valence-electron chi connectivity index (χ0n) is 27.2. The highest BCUT2D eigenvalue weighted by Crippen LogP contribution is 2.48. The molecule has 1 fully saturated rings. The van der Waals surface area contributed by atoms with Crippen molar-refractivity contribution >= 4 is 23.4 Å². The van der Waals surface area contributed by atoms with Crippen molar-refractivity contribution in [3.05, 3.63) is 171 Å². The van der Waals surface area contributed by atoms with Gasteiger partial charge < -0.3 is 14.2 Å². The smallest absolute Gasteiger partial charge is 0.124 e. The molecule has 242 valence electrons. The number of hydrogen-bond acceptors (Lipinski definition) is 4. The fraction of sp³-hybridized carbons (Fsp3) is 0.286. The van der Waals surface area contributed by atoms with Gasteiger partial charge in [-0.15, -0.1) is 11.8 Å². The Morgan fingerprint density at radius 2 is 1.28 bits per heavy atom. The zero-order chi connectivity index (χ0) is 32.4. The monoisotopic (exact) mass is 662 g/mol. The van der Waals surface area contributed by atoms with Crippen LogP contribution in [0.5, 0.6) is 5.75 Å². The zero-order valence-corrected chi connectivity index (χ0v) is 28.8. The number of hydrogen-bond donors (Lipinski definition) is 0. The summed E-state index contributed by atoms with van der Waals surface area (Å²) >= 11 is 8.31. The van der Waals surface area contributed by atoms with Crippen molar-refractivity contribution in [2.45, 2.75) is 69.5 Å². The number of benzene rings is 5. The third-order valence-electron chi connectivity index (χ3n) is 8.84. The van der Waals surface area contributed by atoms with Gasteiger partial charge in [0.05, 0.1) is 25.9 Å². The average molecular weight is 663 g/mol. The molecule has 0 N–H and O–H groups in total. The molecule has 3 unspecified atom stereocenters. The van der Waals surface area contributed by atoms with E-state index in [0.29, 0.717) is 31.7 Å². The summed E-state index contributed by atoms with van der Waals surface area (Å²) in [4.78, 5) is 0. The summed E-state index contributed by atoms with van der Waals surface area (Å²) in [5.74, 6) is 0.952. The first-order valence-corrected chi connectivity index (χ1v) is 17.8. The molecular weight excluding hydrogens is 620 g/mol. The molecule has 0 spiro atoms. The molecule has 0 aliphatic carbocycles. The van der Waals surface area contributed by atoms with E-state index in [1.54, 1.807) is 0 Å². The lowest BCUT2D eigenvalue weighted by Crippen LogP contribution is -2.30. The number of thioether (sulfide) groups is 1. The summed E-state index contributed by atoms with van der Waals surface area (Å²) in [7, 11) is 0. The second-order valence-electron chi connectivity index (χ2n) is 12.5. The van der Waals surface area contributed by atoms with Gasteiger partial charge in [0.15, 0.2) is 0 Å². The Balaban J connectivity index is 1.28. The second-order valence-corrected chi connectivity index (χ2v) is 14.4. The lowest BCUT2D eigenvalue weighted by molar-refractivity contribution is 0.0179. The van der Waals surface area contributed by atoms with E-state index in [0.717, 1.165) is 35.6 Å². The maximum absolute atomic E-state index is 6.64. The molecule has 0 bridgehead atoms. The molecule has 3 nitrogen and oxygen atoms in total. The van der Waals surface area contributed by atoms with Gasteiger partial charge in [-0.1, -0.05) is 115 Å². The van der Waals surface area contributed by atoms with Gasteiger partial charge in [-0.2, -0.15) is 0 Å². The Hall–Kier alpha value is -3.54. The molecule has 0 amide bonds. The van der Waals surface area contributed by atoms with Crippen LogP contribution < -0.4 is 4.74 Å². The number of ether oxygens (including phenoxy) is 3. The van der Waals surface area contributed by atoms with E-state index in [1.165, 1.54) is 38.9 Å². The van der Waals surface area contributed by atoms with E-state index >= 15 is 0 Å². The lowest BCUT2D eigenvalue weighted by atomic mass is 9.93. The van der Waals surface area contributed by atoms with Gasteiger partial charge in [0, 0.05) is 21.1 Å². The minimum atomic E-state index is 0.108. The van der Waals surface area contributed by atoms with E-state index in [-0.39, 0.29) is 11.4 Å². The Morgan fingerprint density at radius 3 is 1.94 bits per heavy atom.